The van der Waals surface area contributed by atoms with Gasteiger partial charge in [0.1, 0.15) is 0 Å². The third-order valence-electron chi connectivity index (χ3n) is 2.87. The Hall–Kier alpha value is -2.19. The summed E-state index contributed by atoms with van der Waals surface area (Å²) < 4.78 is 22.6. The van der Waals surface area contributed by atoms with E-state index in [0.717, 1.165) is 11.1 Å². The van der Waals surface area contributed by atoms with E-state index in [1.807, 2.05) is 13.0 Å². The van der Waals surface area contributed by atoms with Gasteiger partial charge in [-0.2, -0.15) is 0 Å². The first kappa shape index (κ1) is 17.2. The smallest absolute Gasteiger partial charge is 0.267 e. The number of nitrogens with one attached hydrogen (secondary N) is 2. The van der Waals surface area contributed by atoms with Gasteiger partial charge in [0.15, 0.2) is 9.84 Å². The SMILES string of the molecule is Cc1ccc(C(=O)NNC(=O)c2cccc(CS(C)(=O)=O)c2)s1. The zero-order chi connectivity index (χ0) is 17.0. The largest absolute Gasteiger partial charge is 0.279 e. The Balaban J connectivity index is 2.01. The Morgan fingerprint density at radius 1 is 1.09 bits per heavy atom. The van der Waals surface area contributed by atoms with Crippen molar-refractivity contribution in [3.8, 4) is 0 Å². The fraction of sp³-hybridized carbons (Fsp3) is 0.200. The third-order valence-corrected chi connectivity index (χ3v) is 4.73. The van der Waals surface area contributed by atoms with Gasteiger partial charge in [-0.05, 0) is 36.8 Å². The maximum Gasteiger partial charge on any atom is 0.279 e. The van der Waals surface area contributed by atoms with Crippen molar-refractivity contribution in [1.82, 2.24) is 10.9 Å². The number of benzene rings is 1. The zero-order valence-corrected chi connectivity index (χ0v) is 14.3. The van der Waals surface area contributed by atoms with Crippen LogP contribution in [-0.2, 0) is 15.6 Å². The van der Waals surface area contributed by atoms with Gasteiger partial charge in [-0.15, -0.1) is 11.3 Å². The molecule has 0 saturated heterocycles. The van der Waals surface area contributed by atoms with Crippen LogP contribution in [0, 0.1) is 6.92 Å². The molecule has 0 fully saturated rings. The second-order valence-electron chi connectivity index (χ2n) is 5.09. The summed E-state index contributed by atoms with van der Waals surface area (Å²) in [5.74, 6) is -1.06. The minimum Gasteiger partial charge on any atom is -0.267 e. The number of hydrogen-bond donors (Lipinski definition) is 2. The standard InChI is InChI=1S/C15H16N2O4S2/c1-10-6-7-13(22-10)15(19)17-16-14(18)12-5-3-4-11(8-12)9-23(2,20)21/h3-8H,9H2,1-2H3,(H,16,18)(H,17,19). The summed E-state index contributed by atoms with van der Waals surface area (Å²) in [6.45, 7) is 1.88. The lowest BCUT2D eigenvalue weighted by Gasteiger charge is -2.07. The predicted octanol–water partition coefficient (Wildman–Crippen LogP) is 1.68. The second kappa shape index (κ2) is 6.93. The van der Waals surface area contributed by atoms with Crippen LogP contribution in [0.1, 0.15) is 30.5 Å². The number of sulfone groups is 1. The van der Waals surface area contributed by atoms with E-state index in [9.17, 15) is 18.0 Å². The van der Waals surface area contributed by atoms with Crippen molar-refractivity contribution in [2.75, 3.05) is 6.26 Å². The molecule has 1 heterocycles. The molecule has 6 nitrogen and oxygen atoms in total. The lowest BCUT2D eigenvalue weighted by molar-refractivity contribution is 0.0849. The van der Waals surface area contributed by atoms with E-state index in [2.05, 4.69) is 10.9 Å². The van der Waals surface area contributed by atoms with Crippen LogP contribution in [0.25, 0.3) is 0 Å². The molecule has 0 bridgehead atoms. The minimum atomic E-state index is -3.18. The zero-order valence-electron chi connectivity index (χ0n) is 12.6. The molecule has 0 spiro atoms. The molecule has 2 rings (SSSR count). The number of rotatable bonds is 4. The highest BCUT2D eigenvalue weighted by Gasteiger charge is 2.12. The summed E-state index contributed by atoms with van der Waals surface area (Å²) >= 11 is 1.32. The van der Waals surface area contributed by atoms with Crippen LogP contribution in [0.3, 0.4) is 0 Å². The molecule has 0 saturated carbocycles. The Labute approximate surface area is 138 Å². The molecule has 8 heteroatoms. The van der Waals surface area contributed by atoms with Gasteiger partial charge in [-0.25, -0.2) is 8.42 Å². The lowest BCUT2D eigenvalue weighted by Crippen LogP contribution is -2.41. The summed E-state index contributed by atoms with van der Waals surface area (Å²) in [7, 11) is -3.18. The molecular formula is C15H16N2O4S2. The molecule has 0 aliphatic heterocycles. The summed E-state index contributed by atoms with van der Waals surface area (Å²) in [6.07, 6.45) is 1.13. The van der Waals surface area contributed by atoms with Gasteiger partial charge in [0.2, 0.25) is 0 Å². The lowest BCUT2D eigenvalue weighted by atomic mass is 10.1. The van der Waals surface area contributed by atoms with Gasteiger partial charge < -0.3 is 0 Å². The van der Waals surface area contributed by atoms with Crippen LogP contribution in [0.5, 0.6) is 0 Å². The van der Waals surface area contributed by atoms with Gasteiger partial charge in [-0.3, -0.25) is 20.4 Å². The summed E-state index contributed by atoms with van der Waals surface area (Å²) in [5, 5.41) is 0. The topological polar surface area (TPSA) is 92.3 Å². The number of aryl methyl sites for hydroxylation is 1. The monoisotopic (exact) mass is 352 g/mol. The summed E-state index contributed by atoms with van der Waals surface area (Å²) in [6, 6.07) is 9.75. The summed E-state index contributed by atoms with van der Waals surface area (Å²) in [5.41, 5.74) is 5.43. The van der Waals surface area contributed by atoms with Crippen molar-refractivity contribution in [3.05, 3.63) is 57.3 Å². The van der Waals surface area contributed by atoms with Crippen molar-refractivity contribution in [3.63, 3.8) is 0 Å². The van der Waals surface area contributed by atoms with Crippen molar-refractivity contribution in [2.24, 2.45) is 0 Å². The molecule has 23 heavy (non-hydrogen) atoms. The Bertz CT molecular complexity index is 841. The van der Waals surface area contributed by atoms with Crippen LogP contribution >= 0.6 is 11.3 Å². The normalized spacial score (nSPS) is 11.0. The Morgan fingerprint density at radius 3 is 2.39 bits per heavy atom. The fourth-order valence-corrected chi connectivity index (χ4v) is 3.46. The van der Waals surface area contributed by atoms with Gasteiger partial charge in [0.05, 0.1) is 10.6 Å². The molecular weight excluding hydrogens is 336 g/mol. The van der Waals surface area contributed by atoms with Gasteiger partial charge in [0.25, 0.3) is 11.8 Å². The molecule has 2 amide bonds. The van der Waals surface area contributed by atoms with Crippen LogP contribution in [-0.4, -0.2) is 26.5 Å². The number of carbonyl (C=O) groups excluding carboxylic acids is 2. The first-order chi connectivity index (χ1) is 10.7. The van der Waals surface area contributed by atoms with Gasteiger partial charge in [-0.1, -0.05) is 12.1 Å². The van der Waals surface area contributed by atoms with E-state index in [4.69, 9.17) is 0 Å². The number of hydrogen-bond acceptors (Lipinski definition) is 5. The average Bonchev–Trinajstić information content (AvgIpc) is 2.89. The van der Waals surface area contributed by atoms with E-state index in [0.29, 0.717) is 10.4 Å². The van der Waals surface area contributed by atoms with Crippen LogP contribution in [0.4, 0.5) is 0 Å². The third kappa shape index (κ3) is 5.19. The van der Waals surface area contributed by atoms with E-state index >= 15 is 0 Å². The first-order valence-electron chi connectivity index (χ1n) is 6.68. The van der Waals surface area contributed by atoms with E-state index in [1.54, 1.807) is 24.3 Å². The number of carbonyl (C=O) groups is 2. The summed E-state index contributed by atoms with van der Waals surface area (Å²) in [4.78, 5) is 25.4. The Morgan fingerprint density at radius 2 is 1.78 bits per heavy atom. The average molecular weight is 352 g/mol. The van der Waals surface area contributed by atoms with Crippen LogP contribution < -0.4 is 10.9 Å². The molecule has 2 N–H and O–H groups in total. The molecule has 1 aromatic carbocycles. The van der Waals surface area contributed by atoms with E-state index in [1.165, 1.54) is 17.4 Å². The fourth-order valence-electron chi connectivity index (χ4n) is 1.91. The maximum absolute atomic E-state index is 12.0. The predicted molar refractivity (Wildman–Crippen MR) is 89.0 cm³/mol. The highest BCUT2D eigenvalue weighted by molar-refractivity contribution is 7.89. The van der Waals surface area contributed by atoms with Crippen molar-refractivity contribution >= 4 is 33.0 Å². The molecule has 2 aromatic rings. The first-order valence-corrected chi connectivity index (χ1v) is 9.56. The van der Waals surface area contributed by atoms with Gasteiger partial charge >= 0.3 is 0 Å². The van der Waals surface area contributed by atoms with E-state index in [-0.39, 0.29) is 11.3 Å². The molecule has 122 valence electrons. The van der Waals surface area contributed by atoms with Crippen molar-refractivity contribution in [2.45, 2.75) is 12.7 Å². The van der Waals surface area contributed by atoms with Crippen LogP contribution in [0.2, 0.25) is 0 Å². The molecule has 0 atom stereocenters. The number of thiophene rings is 1. The van der Waals surface area contributed by atoms with Gasteiger partial charge in [0, 0.05) is 16.7 Å². The molecule has 0 aliphatic rings. The highest BCUT2D eigenvalue weighted by atomic mass is 32.2. The maximum atomic E-state index is 12.0. The highest BCUT2D eigenvalue weighted by Crippen LogP contribution is 2.14. The molecule has 0 unspecified atom stereocenters. The second-order valence-corrected chi connectivity index (χ2v) is 8.52. The van der Waals surface area contributed by atoms with E-state index < -0.39 is 21.7 Å². The minimum absolute atomic E-state index is 0.144. The van der Waals surface area contributed by atoms with Crippen molar-refractivity contribution in [1.29, 1.82) is 0 Å². The Kier molecular flexibility index (Phi) is 5.17. The number of hydrazine groups is 1. The molecule has 0 aliphatic carbocycles. The van der Waals surface area contributed by atoms with Crippen LogP contribution in [0.15, 0.2) is 36.4 Å². The quantitative estimate of drug-likeness (QED) is 0.819. The molecule has 1 aromatic heterocycles. The number of amides is 2. The molecule has 0 radical (unpaired) electrons. The van der Waals surface area contributed by atoms with Crippen molar-refractivity contribution < 1.29 is 18.0 Å².